The summed E-state index contributed by atoms with van der Waals surface area (Å²) < 4.78 is 18.4. The maximum Gasteiger partial charge on any atom is 0.132 e. The lowest BCUT2D eigenvalue weighted by Crippen LogP contribution is -2.31. The van der Waals surface area contributed by atoms with Crippen LogP contribution in [0.4, 0.5) is 0 Å². The van der Waals surface area contributed by atoms with Crippen LogP contribution in [0.25, 0.3) is 17.2 Å². The van der Waals surface area contributed by atoms with Gasteiger partial charge in [0.1, 0.15) is 34.2 Å². The summed E-state index contributed by atoms with van der Waals surface area (Å²) in [4.78, 5) is 0. The zero-order chi connectivity index (χ0) is 34.2. The largest absolute Gasteiger partial charge is 0.507 e. The molecule has 2 aliphatic rings. The minimum absolute atomic E-state index is 0.298. The Morgan fingerprint density at radius 3 is 2.15 bits per heavy atom. The van der Waals surface area contributed by atoms with Crippen LogP contribution < -0.4 is 14.2 Å². The minimum Gasteiger partial charge on any atom is -0.507 e. The first-order valence-electron chi connectivity index (χ1n) is 17.8. The van der Waals surface area contributed by atoms with Crippen molar-refractivity contribution in [3.63, 3.8) is 0 Å². The van der Waals surface area contributed by atoms with Crippen LogP contribution >= 0.6 is 0 Å². The molecule has 4 heteroatoms. The van der Waals surface area contributed by atoms with Crippen molar-refractivity contribution >= 4 is 6.08 Å². The monoisotopic (exact) mass is 638 g/mol. The van der Waals surface area contributed by atoms with Crippen LogP contribution in [0.5, 0.6) is 23.0 Å². The first-order valence-corrected chi connectivity index (χ1v) is 17.8. The smallest absolute Gasteiger partial charge is 0.132 e. The summed E-state index contributed by atoms with van der Waals surface area (Å²) in [7, 11) is 1.75. The summed E-state index contributed by atoms with van der Waals surface area (Å²) in [5.41, 5.74) is 8.78. The highest BCUT2D eigenvalue weighted by molar-refractivity contribution is 5.82. The number of aromatic hydroxyl groups is 1. The highest BCUT2D eigenvalue weighted by atomic mass is 16.5. The quantitative estimate of drug-likeness (QED) is 0.158. The van der Waals surface area contributed by atoms with E-state index in [0.29, 0.717) is 5.75 Å². The molecule has 47 heavy (non-hydrogen) atoms. The number of allylic oxidation sites excluding steroid dienone is 2. The average Bonchev–Trinajstić information content (AvgIpc) is 3.00. The molecule has 2 heterocycles. The second-order valence-corrected chi connectivity index (χ2v) is 14.3. The Hall–Kier alpha value is -3.66. The van der Waals surface area contributed by atoms with Gasteiger partial charge in [0.25, 0.3) is 0 Å². The number of fused-ring (bicyclic) bond motifs is 4. The Kier molecular flexibility index (Phi) is 12.3. The zero-order valence-corrected chi connectivity index (χ0v) is 30.5. The molecule has 5 rings (SSSR count). The molecule has 0 aliphatic carbocycles. The Bertz CT molecular complexity index is 1570. The normalized spacial score (nSPS) is 16.8. The molecule has 0 radical (unpaired) electrons. The summed E-state index contributed by atoms with van der Waals surface area (Å²) in [6.45, 7) is 17.2. The highest BCUT2D eigenvalue weighted by Gasteiger charge is 2.34. The molecule has 254 valence electrons. The maximum absolute atomic E-state index is 10.3. The number of hydrogen-bond donors (Lipinski definition) is 1. The molecule has 0 bridgehead atoms. The van der Waals surface area contributed by atoms with Gasteiger partial charge in [0.2, 0.25) is 0 Å². The predicted octanol–water partition coefficient (Wildman–Crippen LogP) is 12.1. The number of aryl methyl sites for hydroxylation is 3. The van der Waals surface area contributed by atoms with Gasteiger partial charge >= 0.3 is 0 Å². The first-order chi connectivity index (χ1) is 22.4. The van der Waals surface area contributed by atoms with Crippen molar-refractivity contribution in [2.24, 2.45) is 0 Å². The van der Waals surface area contributed by atoms with Crippen LogP contribution in [0.1, 0.15) is 128 Å². The summed E-state index contributed by atoms with van der Waals surface area (Å²) in [6.07, 6.45) is 17.6. The Balaban J connectivity index is 0.000000213. The van der Waals surface area contributed by atoms with E-state index in [4.69, 9.17) is 14.2 Å². The third-order valence-electron chi connectivity index (χ3n) is 9.26. The molecule has 1 N–H and O–H groups in total. The SMILES string of the molecule is CCCCCc1cc(O)c2c(c1)OC(C)(CCC=C(C)C)C=C2.CCCCCc1cc(OC)c2c(c1)OC(C)(C)c1ccc(C)cc1-2. The number of hydrogen-bond acceptors (Lipinski definition) is 4. The van der Waals surface area contributed by atoms with Gasteiger partial charge in [-0.3, -0.25) is 0 Å². The Morgan fingerprint density at radius 1 is 0.851 bits per heavy atom. The van der Waals surface area contributed by atoms with Crippen molar-refractivity contribution in [3.8, 4) is 34.1 Å². The lowest BCUT2D eigenvalue weighted by atomic mass is 9.84. The molecule has 1 unspecified atom stereocenters. The van der Waals surface area contributed by atoms with Crippen molar-refractivity contribution in [1.82, 2.24) is 0 Å². The third-order valence-corrected chi connectivity index (χ3v) is 9.26. The molecule has 0 spiro atoms. The van der Waals surface area contributed by atoms with Gasteiger partial charge < -0.3 is 19.3 Å². The van der Waals surface area contributed by atoms with Gasteiger partial charge in [0.05, 0.1) is 18.2 Å². The third kappa shape index (κ3) is 9.24. The van der Waals surface area contributed by atoms with E-state index in [1.54, 1.807) is 7.11 Å². The van der Waals surface area contributed by atoms with Gasteiger partial charge in [-0.2, -0.15) is 0 Å². The minimum atomic E-state index is -0.330. The summed E-state index contributed by atoms with van der Waals surface area (Å²) in [5.74, 6) is 3.01. The van der Waals surface area contributed by atoms with E-state index in [1.807, 2.05) is 12.1 Å². The fourth-order valence-electron chi connectivity index (χ4n) is 6.56. The summed E-state index contributed by atoms with van der Waals surface area (Å²) >= 11 is 0. The van der Waals surface area contributed by atoms with Gasteiger partial charge in [-0.15, -0.1) is 0 Å². The van der Waals surface area contributed by atoms with E-state index in [9.17, 15) is 5.11 Å². The average molecular weight is 639 g/mol. The zero-order valence-electron chi connectivity index (χ0n) is 30.5. The summed E-state index contributed by atoms with van der Waals surface area (Å²) in [6, 6.07) is 15.0. The van der Waals surface area contributed by atoms with Crippen molar-refractivity contribution in [1.29, 1.82) is 0 Å². The second-order valence-electron chi connectivity index (χ2n) is 14.3. The Morgan fingerprint density at radius 2 is 1.51 bits per heavy atom. The van der Waals surface area contributed by atoms with Gasteiger partial charge in [-0.25, -0.2) is 0 Å². The fraction of sp³-hybridized carbons (Fsp3) is 0.488. The van der Waals surface area contributed by atoms with Crippen molar-refractivity contribution in [2.75, 3.05) is 7.11 Å². The molecule has 3 aromatic rings. The molecule has 0 saturated heterocycles. The van der Waals surface area contributed by atoms with E-state index in [-0.39, 0.29) is 11.2 Å². The molecule has 0 saturated carbocycles. The lowest BCUT2D eigenvalue weighted by molar-refractivity contribution is 0.105. The van der Waals surface area contributed by atoms with Gasteiger partial charge in [-0.1, -0.05) is 74.9 Å². The van der Waals surface area contributed by atoms with Crippen LogP contribution in [-0.4, -0.2) is 17.8 Å². The van der Waals surface area contributed by atoms with Gasteiger partial charge in [0, 0.05) is 5.56 Å². The number of phenols is 1. The van der Waals surface area contributed by atoms with Crippen LogP contribution in [0, 0.1) is 6.92 Å². The number of rotatable bonds is 12. The number of unbranched alkanes of at least 4 members (excludes halogenated alkanes) is 4. The van der Waals surface area contributed by atoms with Crippen molar-refractivity contribution in [2.45, 2.75) is 131 Å². The predicted molar refractivity (Wildman–Crippen MR) is 198 cm³/mol. The van der Waals surface area contributed by atoms with E-state index in [2.05, 4.69) is 104 Å². The van der Waals surface area contributed by atoms with E-state index in [0.717, 1.165) is 66.0 Å². The second kappa shape index (κ2) is 16.0. The molecule has 0 fully saturated rings. The van der Waals surface area contributed by atoms with Crippen molar-refractivity contribution in [3.05, 3.63) is 88.0 Å². The van der Waals surface area contributed by atoms with E-state index in [1.165, 1.54) is 59.9 Å². The van der Waals surface area contributed by atoms with Crippen LogP contribution in [0.3, 0.4) is 0 Å². The van der Waals surface area contributed by atoms with E-state index < -0.39 is 0 Å². The molecule has 3 aromatic carbocycles. The Labute approximate surface area is 284 Å². The maximum atomic E-state index is 10.3. The van der Waals surface area contributed by atoms with Gasteiger partial charge in [-0.05, 0) is 133 Å². The van der Waals surface area contributed by atoms with E-state index >= 15 is 0 Å². The van der Waals surface area contributed by atoms with Crippen LogP contribution in [0.2, 0.25) is 0 Å². The lowest BCUT2D eigenvalue weighted by Gasteiger charge is -2.36. The molecule has 4 nitrogen and oxygen atoms in total. The molecule has 2 aliphatic heterocycles. The summed E-state index contributed by atoms with van der Waals surface area (Å²) in [5, 5.41) is 10.3. The number of methoxy groups -OCH3 is 1. The number of benzene rings is 3. The standard InChI is InChI=1S/C22H28O2.C21H30O2/c1-6-7-8-9-16-13-19(23-5)21-17-12-15(2)10-11-18(17)22(3,4)24-20(21)14-16;1-5-6-7-10-17-14-19(22)18-11-13-21(4,23-20(18)15-17)12-8-9-16(2)3/h10-14H,6-9H2,1-5H3;9,11,13-15,22H,5-8,10,12H2,1-4H3. The highest BCUT2D eigenvalue weighted by Crippen LogP contribution is 2.50. The van der Waals surface area contributed by atoms with Crippen LogP contribution in [0.15, 0.2) is 60.2 Å². The molecular formula is C43H58O4. The molecule has 1 atom stereocenters. The van der Waals surface area contributed by atoms with Crippen LogP contribution in [-0.2, 0) is 18.4 Å². The molecule has 0 aromatic heterocycles. The molecule has 0 amide bonds. The number of ether oxygens (including phenoxy) is 3. The van der Waals surface area contributed by atoms with Crippen molar-refractivity contribution < 1.29 is 19.3 Å². The number of phenolic OH excluding ortho intramolecular Hbond substituents is 1. The molecular weight excluding hydrogens is 580 g/mol. The first kappa shape index (κ1) is 36.2. The fourth-order valence-corrected chi connectivity index (χ4v) is 6.56. The topological polar surface area (TPSA) is 47.9 Å². The van der Waals surface area contributed by atoms with Gasteiger partial charge in [0.15, 0.2) is 0 Å².